The van der Waals surface area contributed by atoms with Crippen LogP contribution in [0.25, 0.3) is 0 Å². The van der Waals surface area contributed by atoms with Crippen LogP contribution < -0.4 is 10.6 Å². The first-order chi connectivity index (χ1) is 7.89. The van der Waals surface area contributed by atoms with Gasteiger partial charge in [0.2, 0.25) is 0 Å². The van der Waals surface area contributed by atoms with Crippen molar-refractivity contribution in [1.29, 1.82) is 0 Å². The fourth-order valence-corrected chi connectivity index (χ4v) is 2.06. The zero-order valence-electron chi connectivity index (χ0n) is 10.1. The van der Waals surface area contributed by atoms with Gasteiger partial charge in [-0.15, -0.1) is 0 Å². The van der Waals surface area contributed by atoms with Crippen molar-refractivity contribution in [2.45, 2.75) is 57.0 Å². The van der Waals surface area contributed by atoms with E-state index in [9.17, 15) is 13.2 Å². The predicted molar refractivity (Wildman–Crippen MR) is 59.8 cm³/mol. The lowest BCUT2D eigenvalue weighted by atomic mass is 9.99. The van der Waals surface area contributed by atoms with E-state index in [0.29, 0.717) is 6.04 Å². The molecule has 1 rings (SSSR count). The highest BCUT2D eigenvalue weighted by molar-refractivity contribution is 4.78. The molecule has 3 atom stereocenters. The number of nitrogens with one attached hydrogen (secondary N) is 2. The van der Waals surface area contributed by atoms with Crippen LogP contribution in [0.1, 0.15) is 32.6 Å². The lowest BCUT2D eigenvalue weighted by Gasteiger charge is -2.27. The SMILES string of the molecule is CC(CC1CCCCN1)NCC(O)C(F)(F)F. The molecule has 17 heavy (non-hydrogen) atoms. The monoisotopic (exact) mass is 254 g/mol. The molecule has 1 heterocycles. The molecule has 1 saturated heterocycles. The van der Waals surface area contributed by atoms with Crippen molar-refractivity contribution in [3.63, 3.8) is 0 Å². The van der Waals surface area contributed by atoms with Gasteiger partial charge >= 0.3 is 6.18 Å². The van der Waals surface area contributed by atoms with E-state index in [2.05, 4.69) is 10.6 Å². The lowest BCUT2D eigenvalue weighted by molar-refractivity contribution is -0.202. The molecule has 0 aromatic carbocycles. The van der Waals surface area contributed by atoms with Crippen LogP contribution in [0.4, 0.5) is 13.2 Å². The summed E-state index contributed by atoms with van der Waals surface area (Å²) in [6.45, 7) is 2.40. The molecular weight excluding hydrogens is 233 g/mol. The molecule has 3 N–H and O–H groups in total. The number of rotatable bonds is 5. The summed E-state index contributed by atoms with van der Waals surface area (Å²) in [5.41, 5.74) is 0. The van der Waals surface area contributed by atoms with Gasteiger partial charge in [-0.05, 0) is 32.7 Å². The van der Waals surface area contributed by atoms with Crippen molar-refractivity contribution in [2.24, 2.45) is 0 Å². The molecular formula is C11H21F3N2O. The summed E-state index contributed by atoms with van der Waals surface area (Å²) in [6, 6.07) is 0.358. The lowest BCUT2D eigenvalue weighted by Crippen LogP contribution is -2.44. The van der Waals surface area contributed by atoms with Crippen LogP contribution in [0, 0.1) is 0 Å². The zero-order chi connectivity index (χ0) is 12.9. The number of alkyl halides is 3. The van der Waals surface area contributed by atoms with Gasteiger partial charge in [0, 0.05) is 18.6 Å². The van der Waals surface area contributed by atoms with Crippen LogP contribution in [-0.2, 0) is 0 Å². The highest BCUT2D eigenvalue weighted by Gasteiger charge is 2.37. The molecule has 6 heteroatoms. The van der Waals surface area contributed by atoms with E-state index < -0.39 is 18.8 Å². The maximum atomic E-state index is 12.1. The first-order valence-electron chi connectivity index (χ1n) is 6.11. The Morgan fingerprint density at radius 3 is 2.65 bits per heavy atom. The van der Waals surface area contributed by atoms with E-state index in [-0.39, 0.29) is 6.04 Å². The van der Waals surface area contributed by atoms with Crippen molar-refractivity contribution < 1.29 is 18.3 Å². The van der Waals surface area contributed by atoms with Gasteiger partial charge < -0.3 is 15.7 Å². The molecule has 0 spiro atoms. The number of piperidine rings is 1. The number of hydrogen-bond donors (Lipinski definition) is 3. The summed E-state index contributed by atoms with van der Waals surface area (Å²) in [7, 11) is 0. The van der Waals surface area contributed by atoms with Crippen molar-refractivity contribution in [1.82, 2.24) is 10.6 Å². The third-order valence-electron chi connectivity index (χ3n) is 3.09. The van der Waals surface area contributed by atoms with E-state index in [1.807, 2.05) is 6.92 Å². The summed E-state index contributed by atoms with van der Waals surface area (Å²) in [4.78, 5) is 0. The largest absolute Gasteiger partial charge is 0.415 e. The Labute approximate surface area is 99.8 Å². The van der Waals surface area contributed by atoms with E-state index in [1.165, 1.54) is 12.8 Å². The number of aliphatic hydroxyl groups excluding tert-OH is 1. The first kappa shape index (κ1) is 14.7. The fourth-order valence-electron chi connectivity index (χ4n) is 2.06. The number of hydrogen-bond acceptors (Lipinski definition) is 3. The topological polar surface area (TPSA) is 44.3 Å². The Kier molecular flexibility index (Phi) is 5.69. The smallest absolute Gasteiger partial charge is 0.382 e. The standard InChI is InChI=1S/C11H21F3N2O/c1-8(6-9-4-2-3-5-15-9)16-7-10(17)11(12,13)14/h8-10,15-17H,2-7H2,1H3. The summed E-state index contributed by atoms with van der Waals surface area (Å²) in [6.07, 6.45) is -2.58. The van der Waals surface area contributed by atoms with Crippen molar-refractivity contribution in [3.05, 3.63) is 0 Å². The van der Waals surface area contributed by atoms with Crippen LogP contribution in [-0.4, -0.2) is 42.6 Å². The molecule has 1 aliphatic heterocycles. The molecule has 0 amide bonds. The highest BCUT2D eigenvalue weighted by Crippen LogP contribution is 2.19. The quantitative estimate of drug-likeness (QED) is 0.695. The minimum absolute atomic E-state index is 0.0254. The Balaban J connectivity index is 2.18. The third-order valence-corrected chi connectivity index (χ3v) is 3.09. The molecule has 3 nitrogen and oxygen atoms in total. The van der Waals surface area contributed by atoms with Gasteiger partial charge in [0.15, 0.2) is 6.10 Å². The second kappa shape index (κ2) is 6.56. The van der Waals surface area contributed by atoms with Crippen LogP contribution in [0.2, 0.25) is 0 Å². The molecule has 1 aliphatic rings. The molecule has 0 bridgehead atoms. The van der Waals surface area contributed by atoms with E-state index >= 15 is 0 Å². The van der Waals surface area contributed by atoms with E-state index in [0.717, 1.165) is 19.4 Å². The molecule has 102 valence electrons. The Morgan fingerprint density at radius 2 is 2.12 bits per heavy atom. The average Bonchev–Trinajstić information content (AvgIpc) is 2.26. The molecule has 0 radical (unpaired) electrons. The molecule has 0 aromatic heterocycles. The van der Waals surface area contributed by atoms with Gasteiger partial charge in [-0.3, -0.25) is 0 Å². The Bertz CT molecular complexity index is 217. The van der Waals surface area contributed by atoms with Crippen molar-refractivity contribution >= 4 is 0 Å². The van der Waals surface area contributed by atoms with Gasteiger partial charge in [0.1, 0.15) is 0 Å². The molecule has 1 fully saturated rings. The predicted octanol–water partition coefficient (Wildman–Crippen LogP) is 1.42. The van der Waals surface area contributed by atoms with Crippen LogP contribution in [0.5, 0.6) is 0 Å². The van der Waals surface area contributed by atoms with Gasteiger partial charge in [-0.1, -0.05) is 6.42 Å². The second-order valence-electron chi connectivity index (χ2n) is 4.75. The minimum Gasteiger partial charge on any atom is -0.382 e. The number of halogens is 3. The van der Waals surface area contributed by atoms with E-state index in [4.69, 9.17) is 5.11 Å². The average molecular weight is 254 g/mol. The molecule has 0 aliphatic carbocycles. The van der Waals surface area contributed by atoms with Crippen LogP contribution >= 0.6 is 0 Å². The van der Waals surface area contributed by atoms with Gasteiger partial charge in [0.05, 0.1) is 0 Å². The normalized spacial score (nSPS) is 25.6. The summed E-state index contributed by atoms with van der Waals surface area (Å²) in [5.74, 6) is 0. The second-order valence-corrected chi connectivity index (χ2v) is 4.75. The Hall–Kier alpha value is -0.330. The number of aliphatic hydroxyl groups is 1. The van der Waals surface area contributed by atoms with Crippen molar-refractivity contribution in [3.8, 4) is 0 Å². The molecule has 0 saturated carbocycles. The van der Waals surface area contributed by atoms with Gasteiger partial charge in [0.25, 0.3) is 0 Å². The van der Waals surface area contributed by atoms with E-state index in [1.54, 1.807) is 0 Å². The fraction of sp³-hybridized carbons (Fsp3) is 1.00. The van der Waals surface area contributed by atoms with Crippen LogP contribution in [0.3, 0.4) is 0 Å². The third kappa shape index (κ3) is 5.70. The maximum Gasteiger partial charge on any atom is 0.415 e. The molecule has 3 unspecified atom stereocenters. The first-order valence-corrected chi connectivity index (χ1v) is 6.11. The summed E-state index contributed by atoms with van der Waals surface area (Å²) < 4.78 is 36.2. The maximum absolute atomic E-state index is 12.1. The highest BCUT2D eigenvalue weighted by atomic mass is 19.4. The summed E-state index contributed by atoms with van der Waals surface area (Å²) in [5, 5.41) is 14.9. The summed E-state index contributed by atoms with van der Waals surface area (Å²) >= 11 is 0. The Morgan fingerprint density at radius 1 is 1.41 bits per heavy atom. The van der Waals surface area contributed by atoms with Crippen molar-refractivity contribution in [2.75, 3.05) is 13.1 Å². The van der Waals surface area contributed by atoms with Gasteiger partial charge in [-0.25, -0.2) is 0 Å². The van der Waals surface area contributed by atoms with Gasteiger partial charge in [-0.2, -0.15) is 13.2 Å². The zero-order valence-corrected chi connectivity index (χ0v) is 10.1. The minimum atomic E-state index is -4.53. The molecule has 0 aromatic rings. The van der Waals surface area contributed by atoms with Crippen LogP contribution in [0.15, 0.2) is 0 Å².